The van der Waals surface area contributed by atoms with E-state index in [1.807, 2.05) is 31.2 Å². The molecule has 0 saturated heterocycles. The standard InChI is InChI=1S/C32H34N4O7S/c1-4-28(30(38)34-21-10-12-25-27(18-21)43-19-42-25)44-32-35-23-8-6-5-7-22(23)31(39)36(32)16-14-29(37)33-15-13-20-9-11-24(40-2)26(17-20)41-3/h5-12,17-18,28H,4,13-16,19H2,1-3H3,(H,33,37)(H,34,38). The Morgan fingerprint density at radius 1 is 1.02 bits per heavy atom. The van der Waals surface area contributed by atoms with Crippen molar-refractivity contribution in [3.05, 3.63) is 76.6 Å². The van der Waals surface area contributed by atoms with Crippen LogP contribution in [0.15, 0.2) is 70.6 Å². The van der Waals surface area contributed by atoms with Gasteiger partial charge < -0.3 is 29.6 Å². The molecule has 12 heteroatoms. The van der Waals surface area contributed by atoms with Gasteiger partial charge in [-0.05, 0) is 54.8 Å². The van der Waals surface area contributed by atoms with E-state index in [0.29, 0.717) is 64.1 Å². The van der Waals surface area contributed by atoms with Crippen molar-refractivity contribution in [1.82, 2.24) is 14.9 Å². The molecule has 1 unspecified atom stereocenters. The van der Waals surface area contributed by atoms with Crippen molar-refractivity contribution in [2.45, 2.75) is 43.1 Å². The first-order chi connectivity index (χ1) is 21.4. The number of fused-ring (bicyclic) bond motifs is 2. The van der Waals surface area contributed by atoms with Crippen LogP contribution in [0.3, 0.4) is 0 Å². The lowest BCUT2D eigenvalue weighted by molar-refractivity contribution is -0.121. The first-order valence-electron chi connectivity index (χ1n) is 14.2. The molecular formula is C32H34N4O7S. The summed E-state index contributed by atoms with van der Waals surface area (Å²) in [6.07, 6.45) is 1.15. The van der Waals surface area contributed by atoms with E-state index < -0.39 is 5.25 Å². The number of thioether (sulfide) groups is 1. The van der Waals surface area contributed by atoms with Crippen molar-refractivity contribution < 1.29 is 28.5 Å². The van der Waals surface area contributed by atoms with Crippen LogP contribution in [0.1, 0.15) is 25.3 Å². The molecule has 0 bridgehead atoms. The number of aromatic nitrogens is 2. The summed E-state index contributed by atoms with van der Waals surface area (Å²) in [7, 11) is 3.16. The largest absolute Gasteiger partial charge is 0.493 e. The highest BCUT2D eigenvalue weighted by molar-refractivity contribution is 8.00. The summed E-state index contributed by atoms with van der Waals surface area (Å²) < 4.78 is 22.9. The highest BCUT2D eigenvalue weighted by atomic mass is 32.2. The molecule has 2 amide bonds. The molecular weight excluding hydrogens is 584 g/mol. The third-order valence-electron chi connectivity index (χ3n) is 7.12. The van der Waals surface area contributed by atoms with Crippen LogP contribution in [0.2, 0.25) is 0 Å². The summed E-state index contributed by atoms with van der Waals surface area (Å²) in [5.74, 6) is 2.01. The lowest BCUT2D eigenvalue weighted by Gasteiger charge is -2.18. The van der Waals surface area contributed by atoms with Gasteiger partial charge in [0, 0.05) is 31.3 Å². The summed E-state index contributed by atoms with van der Waals surface area (Å²) in [6, 6.07) is 17.9. The minimum absolute atomic E-state index is 0.0691. The summed E-state index contributed by atoms with van der Waals surface area (Å²) >= 11 is 1.20. The molecule has 0 aliphatic carbocycles. The molecule has 0 saturated carbocycles. The van der Waals surface area contributed by atoms with Gasteiger partial charge in [-0.3, -0.25) is 19.0 Å². The maximum Gasteiger partial charge on any atom is 0.262 e. The third-order valence-corrected chi connectivity index (χ3v) is 8.48. The zero-order chi connectivity index (χ0) is 31.1. The number of rotatable bonds is 13. The first kappa shape index (κ1) is 30.7. The quantitative estimate of drug-likeness (QED) is 0.165. The zero-order valence-corrected chi connectivity index (χ0v) is 25.6. The molecule has 11 nitrogen and oxygen atoms in total. The van der Waals surface area contributed by atoms with E-state index in [0.717, 1.165) is 5.56 Å². The maximum atomic E-state index is 13.5. The molecule has 2 heterocycles. The van der Waals surface area contributed by atoms with Crippen LogP contribution < -0.4 is 35.1 Å². The molecule has 1 aliphatic heterocycles. The highest BCUT2D eigenvalue weighted by Crippen LogP contribution is 2.35. The van der Waals surface area contributed by atoms with Crippen LogP contribution >= 0.6 is 11.8 Å². The Kier molecular flexibility index (Phi) is 9.90. The second-order valence-electron chi connectivity index (χ2n) is 9.98. The summed E-state index contributed by atoms with van der Waals surface area (Å²) in [6.45, 7) is 2.56. The van der Waals surface area contributed by atoms with E-state index in [1.54, 1.807) is 50.6 Å². The zero-order valence-electron chi connectivity index (χ0n) is 24.8. The van der Waals surface area contributed by atoms with Gasteiger partial charge in [0.15, 0.2) is 28.2 Å². The van der Waals surface area contributed by atoms with Crippen LogP contribution in [0, 0.1) is 0 Å². The lowest BCUT2D eigenvalue weighted by Crippen LogP contribution is -2.31. The number of hydrogen-bond donors (Lipinski definition) is 2. The number of amides is 2. The molecule has 5 rings (SSSR count). The molecule has 4 aromatic rings. The fourth-order valence-electron chi connectivity index (χ4n) is 4.77. The summed E-state index contributed by atoms with van der Waals surface area (Å²) in [5, 5.41) is 6.12. The highest BCUT2D eigenvalue weighted by Gasteiger charge is 2.23. The molecule has 0 radical (unpaired) electrons. The Morgan fingerprint density at radius 2 is 1.82 bits per heavy atom. The predicted molar refractivity (Wildman–Crippen MR) is 168 cm³/mol. The fraction of sp³-hybridized carbons (Fsp3) is 0.312. The van der Waals surface area contributed by atoms with E-state index in [2.05, 4.69) is 10.6 Å². The molecule has 1 aliphatic rings. The van der Waals surface area contributed by atoms with Crippen LogP contribution in [-0.4, -0.2) is 54.2 Å². The SMILES string of the molecule is CCC(Sc1nc2ccccc2c(=O)n1CCC(=O)NCCc1ccc(OC)c(OC)c1)C(=O)Nc1ccc2c(c1)OCO2. The third kappa shape index (κ3) is 7.08. The number of ether oxygens (including phenoxy) is 4. The maximum absolute atomic E-state index is 13.5. The van der Waals surface area contributed by atoms with E-state index in [-0.39, 0.29) is 37.1 Å². The van der Waals surface area contributed by atoms with Crippen molar-refractivity contribution in [3.8, 4) is 23.0 Å². The van der Waals surface area contributed by atoms with Gasteiger partial charge in [0.2, 0.25) is 18.6 Å². The molecule has 2 N–H and O–H groups in total. The van der Waals surface area contributed by atoms with Gasteiger partial charge in [0.05, 0.1) is 30.4 Å². The topological polar surface area (TPSA) is 130 Å². The second-order valence-corrected chi connectivity index (χ2v) is 11.1. The van der Waals surface area contributed by atoms with E-state index in [4.69, 9.17) is 23.9 Å². The number of methoxy groups -OCH3 is 2. The number of carbonyl (C=O) groups excluding carboxylic acids is 2. The van der Waals surface area contributed by atoms with Crippen LogP contribution in [0.4, 0.5) is 5.69 Å². The van der Waals surface area contributed by atoms with Crippen molar-refractivity contribution in [1.29, 1.82) is 0 Å². The average Bonchev–Trinajstić information content (AvgIpc) is 3.51. The molecule has 230 valence electrons. The molecule has 1 aromatic heterocycles. The number of benzene rings is 3. The normalized spacial score (nSPS) is 12.5. The van der Waals surface area contributed by atoms with Gasteiger partial charge >= 0.3 is 0 Å². The van der Waals surface area contributed by atoms with E-state index in [9.17, 15) is 14.4 Å². The molecule has 3 aromatic carbocycles. The number of hydrogen-bond acceptors (Lipinski definition) is 9. The van der Waals surface area contributed by atoms with Crippen molar-refractivity contribution in [2.75, 3.05) is 32.9 Å². The minimum atomic E-state index is -0.546. The number of nitrogens with one attached hydrogen (secondary N) is 2. The van der Waals surface area contributed by atoms with Gasteiger partial charge in [-0.1, -0.05) is 36.9 Å². The smallest absolute Gasteiger partial charge is 0.262 e. The number of anilines is 1. The summed E-state index contributed by atoms with van der Waals surface area (Å²) in [5.41, 5.74) is 1.83. The Hall–Kier alpha value is -4.71. The van der Waals surface area contributed by atoms with Gasteiger partial charge in [0.1, 0.15) is 0 Å². The monoisotopic (exact) mass is 618 g/mol. The van der Waals surface area contributed by atoms with Crippen molar-refractivity contribution in [2.24, 2.45) is 0 Å². The molecule has 44 heavy (non-hydrogen) atoms. The van der Waals surface area contributed by atoms with E-state index in [1.165, 1.54) is 16.3 Å². The van der Waals surface area contributed by atoms with Crippen LogP contribution in [-0.2, 0) is 22.6 Å². The van der Waals surface area contributed by atoms with Gasteiger partial charge in [-0.15, -0.1) is 0 Å². The fourth-order valence-corrected chi connectivity index (χ4v) is 5.81. The molecule has 1 atom stereocenters. The predicted octanol–water partition coefficient (Wildman–Crippen LogP) is 4.40. The van der Waals surface area contributed by atoms with Gasteiger partial charge in [-0.25, -0.2) is 4.98 Å². The Bertz CT molecular complexity index is 1730. The first-order valence-corrected chi connectivity index (χ1v) is 15.1. The van der Waals surface area contributed by atoms with E-state index >= 15 is 0 Å². The minimum Gasteiger partial charge on any atom is -0.493 e. The van der Waals surface area contributed by atoms with Crippen molar-refractivity contribution >= 4 is 40.2 Å². The average molecular weight is 619 g/mol. The number of nitrogens with zero attached hydrogens (tertiary/aromatic N) is 2. The Labute approximate surface area is 258 Å². The Balaban J connectivity index is 1.26. The molecule has 0 spiro atoms. The van der Waals surface area contributed by atoms with Gasteiger partial charge in [0.25, 0.3) is 5.56 Å². The van der Waals surface area contributed by atoms with Crippen molar-refractivity contribution in [3.63, 3.8) is 0 Å². The number of carbonyl (C=O) groups is 2. The van der Waals surface area contributed by atoms with Gasteiger partial charge in [-0.2, -0.15) is 0 Å². The van der Waals surface area contributed by atoms with Crippen LogP contribution in [0.25, 0.3) is 10.9 Å². The lowest BCUT2D eigenvalue weighted by atomic mass is 10.1. The van der Waals surface area contributed by atoms with Crippen LogP contribution in [0.5, 0.6) is 23.0 Å². The second kappa shape index (κ2) is 14.2. The Morgan fingerprint density at radius 3 is 2.61 bits per heavy atom. The number of para-hydroxylation sites is 1. The molecule has 0 fully saturated rings. The summed E-state index contributed by atoms with van der Waals surface area (Å²) in [4.78, 5) is 44.4.